The van der Waals surface area contributed by atoms with Crippen LogP contribution in [0.15, 0.2) is 126 Å². The smallest absolute Gasteiger partial charge is 0.463 e. The average Bonchev–Trinajstić information content (AvgIpc) is 0.759. The minimum Gasteiger partial charge on any atom is -0.463 e. The zero-order valence-electron chi connectivity index (χ0n) is 53.3. The molecule has 6 atom stereocenters. The quantitative estimate of drug-likeness (QED) is 0.0228. The summed E-state index contributed by atoms with van der Waals surface area (Å²) in [5.74, 6) is -3.54. The van der Waals surface area contributed by atoms with Gasteiger partial charge in [0.25, 0.3) is 0 Å². The van der Waals surface area contributed by atoms with E-state index in [2.05, 4.69) is 50.8 Å². The fraction of sp³-hybridized carbons (Fsp3) is 0.448. The minimum atomic E-state index is -5.74. The highest BCUT2D eigenvalue weighted by Gasteiger charge is 2.51. The zero-order chi connectivity index (χ0) is 72.0. The van der Waals surface area contributed by atoms with Crippen molar-refractivity contribution in [1.29, 1.82) is 0 Å². The first-order valence-corrected chi connectivity index (χ1v) is 37.7. The number of rotatable bonds is 12. The highest BCUT2D eigenvalue weighted by molar-refractivity contribution is 9.10. The Balaban J connectivity index is 0.000000163. The van der Waals surface area contributed by atoms with Gasteiger partial charge in [0.15, 0.2) is 10.3 Å². The number of halogens is 13. The first-order chi connectivity index (χ1) is 46.9. The van der Waals surface area contributed by atoms with Crippen LogP contribution in [0.1, 0.15) is 138 Å². The second-order valence-electron chi connectivity index (χ2n) is 24.2. The van der Waals surface area contributed by atoms with Gasteiger partial charge in [0.2, 0.25) is 0 Å². The Bertz CT molecular complexity index is 3960. The molecule has 6 N–H and O–H groups in total. The molecule has 0 saturated heterocycles. The Hall–Kier alpha value is -5.64. The third kappa shape index (κ3) is 19.8. The van der Waals surface area contributed by atoms with Gasteiger partial charge in [-0.05, 0) is 144 Å². The summed E-state index contributed by atoms with van der Waals surface area (Å²) in [5, 5.41) is 18.7. The number of fused-ring (bicyclic) bond motifs is 3. The molecule has 4 aliphatic carbocycles. The molecule has 14 nitrogen and oxygen atoms in total. The first-order valence-electron chi connectivity index (χ1n) is 31.8. The number of amidine groups is 2. The van der Waals surface area contributed by atoms with Crippen LogP contribution in [0.4, 0.5) is 48.3 Å². The molecule has 0 aromatic heterocycles. The van der Waals surface area contributed by atoms with Gasteiger partial charge in [-0.15, -0.1) is 11.8 Å². The van der Waals surface area contributed by atoms with E-state index in [0.717, 1.165) is 124 Å². The standard InChI is InChI=1S/C23H22BrF2NO2S.C14H15BrF2N2S.C14H16F2N2S.C10H13F3O5S.C6H5BF2O2/c24-18-10-17(19(25)11-20(18)26)23-9-5-4-8-16(23)14-30-21(27-23)12-22(28)29-13-15-6-2-1-3-7-15;15-10-5-9(11(16)6-12(10)17)14-4-2-1-3-8(14)7-20-13(18)19-14;15-10-4-5-11(12(16)7-10)14-6-2-1-3-9(14)8-19-13(17)18-14;1-2-17-9(14)7-5-3-4-6-8(7)18-19(15,16)10(11,12)13;8-4-1-2-5(7(10)11)6(9)3-4/h1-3,6-7,10-11,16H,4-5,8-9,12-14H2;5-6,8H,1-4,7H2,(H2,18,19);4-5,7,9H,1-3,6,8H2,(H2,17,18);2-6H2,1H3;1-3,10-11H/t16-,23-;8-,14-;9-,14-;;/m000../s1. The third-order valence-corrected chi connectivity index (χ3v) is 23.2. The van der Waals surface area contributed by atoms with Crippen LogP contribution in [0.3, 0.4) is 0 Å². The molecule has 5 aromatic rings. The molecule has 3 saturated carbocycles. The minimum absolute atomic E-state index is 0.0382. The van der Waals surface area contributed by atoms with E-state index in [0.29, 0.717) is 63.3 Å². The number of carbonyl (C=O) groups is 2. The molecule has 0 spiro atoms. The molecule has 0 radical (unpaired) electrons. The molecule has 12 rings (SSSR count). The van der Waals surface area contributed by atoms with Gasteiger partial charge in [-0.2, -0.15) is 21.6 Å². The van der Waals surface area contributed by atoms with Crippen LogP contribution in [-0.4, -0.2) is 82.3 Å². The zero-order valence-corrected chi connectivity index (χ0v) is 59.8. The van der Waals surface area contributed by atoms with Crippen molar-refractivity contribution in [2.24, 2.45) is 44.2 Å². The third-order valence-electron chi connectivity index (χ3n) is 17.9. The Morgan fingerprint density at radius 3 is 1.57 bits per heavy atom. The van der Waals surface area contributed by atoms with E-state index in [1.54, 1.807) is 11.8 Å². The van der Waals surface area contributed by atoms with Crippen molar-refractivity contribution in [1.82, 2.24) is 0 Å². The predicted octanol–water partition coefficient (Wildman–Crippen LogP) is 15.9. The highest BCUT2D eigenvalue weighted by atomic mass is 79.9. The van der Waals surface area contributed by atoms with Crippen LogP contribution in [0, 0.1) is 64.3 Å². The Labute approximate surface area is 596 Å². The van der Waals surface area contributed by atoms with Crippen molar-refractivity contribution >= 4 is 117 Å². The number of aliphatic imine (C=N–C) groups is 3. The Morgan fingerprint density at radius 2 is 1.07 bits per heavy atom. The number of ether oxygens (including phenoxy) is 2. The lowest BCUT2D eigenvalue weighted by Gasteiger charge is -2.45. The summed E-state index contributed by atoms with van der Waals surface area (Å²) < 4.78 is 182. The fourth-order valence-electron chi connectivity index (χ4n) is 13.2. The molecule has 0 bridgehead atoms. The number of hydrogen-bond acceptors (Lipinski definition) is 17. The molecular weight excluding hydrogens is 1530 g/mol. The lowest BCUT2D eigenvalue weighted by atomic mass is 9.69. The Kier molecular flexibility index (Phi) is 28.0. The molecule has 99 heavy (non-hydrogen) atoms. The maximum atomic E-state index is 14.9. The maximum Gasteiger partial charge on any atom is 0.534 e. The van der Waals surface area contributed by atoms with Gasteiger partial charge < -0.3 is 35.2 Å². The summed E-state index contributed by atoms with van der Waals surface area (Å²) in [6, 6.07) is 20.7. The van der Waals surface area contributed by atoms with E-state index in [1.807, 2.05) is 30.3 Å². The van der Waals surface area contributed by atoms with E-state index in [1.165, 1.54) is 54.7 Å². The first kappa shape index (κ1) is 79.1. The number of alkyl halides is 3. The van der Waals surface area contributed by atoms with Crippen LogP contribution in [0.5, 0.6) is 0 Å². The van der Waals surface area contributed by atoms with Gasteiger partial charge in [0.1, 0.15) is 58.9 Å². The highest BCUT2D eigenvalue weighted by Crippen LogP contribution is 2.53. The van der Waals surface area contributed by atoms with Gasteiger partial charge in [-0.25, -0.2) is 39.9 Å². The second-order valence-corrected chi connectivity index (χ2v) is 30.7. The van der Waals surface area contributed by atoms with E-state index < -0.39 is 97.6 Å². The number of esters is 2. The maximum absolute atomic E-state index is 14.9. The van der Waals surface area contributed by atoms with E-state index >= 15 is 0 Å². The fourth-order valence-corrected chi connectivity index (χ4v) is 17.8. The average molecular weight is 1600 g/mol. The predicted molar refractivity (Wildman–Crippen MR) is 369 cm³/mol. The molecule has 3 fully saturated rings. The van der Waals surface area contributed by atoms with Gasteiger partial charge in [0.05, 0.1) is 49.2 Å². The molecule has 0 amide bonds. The number of hydrogen-bond donors (Lipinski definition) is 4. The van der Waals surface area contributed by atoms with Gasteiger partial charge in [-0.3, -0.25) is 19.8 Å². The molecule has 3 heterocycles. The lowest BCUT2D eigenvalue weighted by molar-refractivity contribution is -0.143. The van der Waals surface area contributed by atoms with Crippen molar-refractivity contribution in [3.63, 3.8) is 0 Å². The number of benzene rings is 5. The SMILES string of the molecule is CCOC(=O)C1=C(OS(=O)(=O)C(F)(F)F)CCCC1.NC1=N[C@@]2(c3cc(Br)c(F)cc3F)CCCC[C@H]2CS1.NC1=N[C@@]2(c3ccc(F)cc3F)CCCC[C@H]2CS1.O=C(CC1=N[C@@]2(c3cc(Br)c(F)cc3F)CCCC[C@H]2CS1)OCc1ccccc1.OB(O)c1ccc(F)cc1F. The summed E-state index contributed by atoms with van der Waals surface area (Å²) in [6.07, 6.45) is 12.7. The van der Waals surface area contributed by atoms with Crippen molar-refractivity contribution < 1.29 is 90.0 Å². The summed E-state index contributed by atoms with van der Waals surface area (Å²) in [5.41, 5.74) is 6.13. The number of thioether (sulfide) groups is 3. The number of nitrogens with zero attached hydrogens (tertiary/aromatic N) is 3. The number of carbonyl (C=O) groups excluding carboxylic acids is 2. The normalized spacial score (nSPS) is 23.4. The van der Waals surface area contributed by atoms with Crippen molar-refractivity contribution in [3.05, 3.63) is 180 Å². The topological polar surface area (TPSA) is 226 Å². The molecule has 7 aliphatic rings. The summed E-state index contributed by atoms with van der Waals surface area (Å²) >= 11 is 11.0. The van der Waals surface area contributed by atoms with Gasteiger partial charge in [0, 0.05) is 70.1 Å². The lowest BCUT2D eigenvalue weighted by Crippen LogP contribution is -2.43. The van der Waals surface area contributed by atoms with Crippen LogP contribution < -0.4 is 16.9 Å². The summed E-state index contributed by atoms with van der Waals surface area (Å²) in [4.78, 5) is 38.0. The monoisotopic (exact) mass is 1600 g/mol. The van der Waals surface area contributed by atoms with Crippen LogP contribution in [-0.2, 0) is 56.6 Å². The largest absolute Gasteiger partial charge is 0.534 e. The summed E-state index contributed by atoms with van der Waals surface area (Å²) in [6.45, 7) is 1.79. The number of allylic oxidation sites excluding steroid dienone is 1. The molecule has 536 valence electrons. The van der Waals surface area contributed by atoms with Crippen LogP contribution in [0.2, 0.25) is 0 Å². The van der Waals surface area contributed by atoms with Gasteiger partial charge >= 0.3 is 34.7 Å². The molecule has 5 aromatic carbocycles. The van der Waals surface area contributed by atoms with Crippen molar-refractivity contribution in [3.8, 4) is 0 Å². The van der Waals surface area contributed by atoms with Crippen LogP contribution >= 0.6 is 67.1 Å². The van der Waals surface area contributed by atoms with E-state index in [9.17, 15) is 66.3 Å². The molecule has 32 heteroatoms. The Morgan fingerprint density at radius 1 is 0.596 bits per heavy atom. The molecule has 3 aliphatic heterocycles. The second kappa shape index (κ2) is 35.0. The van der Waals surface area contributed by atoms with E-state index in [4.69, 9.17) is 31.2 Å². The van der Waals surface area contributed by atoms with E-state index in [-0.39, 0.29) is 70.3 Å². The van der Waals surface area contributed by atoms with Crippen molar-refractivity contribution in [2.45, 2.75) is 145 Å². The molecule has 0 unspecified atom stereocenters. The van der Waals surface area contributed by atoms with Crippen LogP contribution in [0.25, 0.3) is 0 Å². The molecular formula is C67H71BBr2F11N5O9S4. The van der Waals surface area contributed by atoms with Gasteiger partial charge in [-0.1, -0.05) is 105 Å². The summed E-state index contributed by atoms with van der Waals surface area (Å²) in [7, 11) is -7.64. The number of nitrogens with two attached hydrogens (primary N) is 2. The van der Waals surface area contributed by atoms with Crippen molar-refractivity contribution in [2.75, 3.05) is 23.9 Å².